The zero-order valence-corrected chi connectivity index (χ0v) is 34.7. The molecule has 7 rings (SSSR count). The summed E-state index contributed by atoms with van der Waals surface area (Å²) in [5, 5.41) is 14.5. The number of likely N-dealkylation sites (tertiary alicyclic amines) is 2. The maximum atomic E-state index is 13.8. The Balaban J connectivity index is 1.04. The first-order valence-electron chi connectivity index (χ1n) is 20.5. The fourth-order valence-corrected chi connectivity index (χ4v) is 8.63. The van der Waals surface area contributed by atoms with Crippen LogP contribution in [0.25, 0.3) is 44.5 Å². The topological polar surface area (TPSA) is 186 Å². The van der Waals surface area contributed by atoms with Gasteiger partial charge in [0.05, 0.1) is 42.1 Å². The van der Waals surface area contributed by atoms with Crippen LogP contribution in [0, 0.1) is 11.8 Å². The molecule has 2 aromatic heterocycles. The molecule has 6 atom stereocenters. The number of nitrogens with zero attached hydrogens (tertiary/aromatic N) is 4. The van der Waals surface area contributed by atoms with E-state index in [1.807, 2.05) is 52.5 Å². The number of fused-ring (bicyclic) bond motifs is 1. The van der Waals surface area contributed by atoms with Crippen LogP contribution in [0.5, 0.6) is 0 Å². The van der Waals surface area contributed by atoms with Crippen molar-refractivity contribution in [2.24, 2.45) is 11.8 Å². The lowest BCUT2D eigenvalue weighted by molar-refractivity contribution is -0.138. The Morgan fingerprint density at radius 3 is 1.71 bits per heavy atom. The minimum absolute atomic E-state index is 0.00416. The van der Waals surface area contributed by atoms with E-state index >= 15 is 0 Å². The van der Waals surface area contributed by atoms with Crippen LogP contribution in [0.4, 0.5) is 9.59 Å². The summed E-state index contributed by atoms with van der Waals surface area (Å²) in [5.74, 6) is 0.731. The van der Waals surface area contributed by atoms with Crippen LogP contribution in [0.2, 0.25) is 0 Å². The fraction of sp³-hybridized carbons (Fsp3) is 0.422. The van der Waals surface area contributed by atoms with Gasteiger partial charge in [0.2, 0.25) is 11.8 Å². The van der Waals surface area contributed by atoms with Crippen molar-refractivity contribution < 1.29 is 29.0 Å². The van der Waals surface area contributed by atoms with Gasteiger partial charge in [-0.15, -0.1) is 0 Å². The molecule has 2 saturated heterocycles. The van der Waals surface area contributed by atoms with Crippen molar-refractivity contribution in [3.8, 4) is 33.5 Å². The second kappa shape index (κ2) is 17.0. The highest BCUT2D eigenvalue weighted by Crippen LogP contribution is 2.39. The van der Waals surface area contributed by atoms with Gasteiger partial charge in [-0.2, -0.15) is 0 Å². The zero-order chi connectivity index (χ0) is 42.1. The van der Waals surface area contributed by atoms with E-state index < -0.39 is 24.3 Å². The molecule has 0 bridgehead atoms. The molecule has 4 heterocycles. The molecule has 0 spiro atoms. The van der Waals surface area contributed by atoms with Crippen LogP contribution in [-0.2, 0) is 14.3 Å². The second-order valence-electron chi connectivity index (χ2n) is 16.6. The first kappa shape index (κ1) is 41.0. The number of methoxy groups -OCH3 is 1. The van der Waals surface area contributed by atoms with E-state index in [9.17, 15) is 24.3 Å². The molecule has 3 aromatic carbocycles. The zero-order valence-electron chi connectivity index (χ0n) is 34.7. The summed E-state index contributed by atoms with van der Waals surface area (Å²) in [6.07, 6.45) is 3.09. The molecular weight excluding hydrogens is 749 g/mol. The summed E-state index contributed by atoms with van der Waals surface area (Å²) in [6, 6.07) is 20.7. The maximum Gasteiger partial charge on any atom is 0.407 e. The largest absolute Gasteiger partial charge is 0.465 e. The summed E-state index contributed by atoms with van der Waals surface area (Å²) in [4.78, 5) is 71.1. The van der Waals surface area contributed by atoms with Crippen molar-refractivity contribution >= 4 is 35.0 Å². The molecule has 5 aromatic rings. The standard InChI is InChI=1S/C45H54N8O6/c1-24(2)38(50-44(56)57)42(54)52-26(5)8-20-36(52)40-46-23-35(49-40)31-16-14-29(15-17-31)28-10-12-30(13-11-28)32-18-19-33-34(22-32)48-41(47-33)37-21-9-27(6)53(37)43(55)39(25(3)4)51-45(58)59-7/h10-19,22-27,36-39,50H,8-9,20-21H2,1-7H3,(H,46,49)(H,47,48)(H,51,58)(H,56,57)/t26-,27-,36-,37-,38-,39?/m0/s1. The van der Waals surface area contributed by atoms with E-state index in [-0.39, 0.29) is 47.8 Å². The fourth-order valence-electron chi connectivity index (χ4n) is 8.63. The third-order valence-electron chi connectivity index (χ3n) is 11.9. The van der Waals surface area contributed by atoms with Crippen molar-refractivity contribution in [2.75, 3.05) is 7.11 Å². The predicted molar refractivity (Wildman–Crippen MR) is 225 cm³/mol. The molecule has 0 radical (unpaired) electrons. The molecule has 310 valence electrons. The number of carbonyl (C=O) groups is 4. The lowest BCUT2D eigenvalue weighted by Gasteiger charge is -2.32. The third kappa shape index (κ3) is 8.39. The van der Waals surface area contributed by atoms with Gasteiger partial charge in [0, 0.05) is 12.1 Å². The number of hydrogen-bond acceptors (Lipinski definition) is 7. The number of benzene rings is 3. The number of imidazole rings is 2. The number of aromatic amines is 2. The summed E-state index contributed by atoms with van der Waals surface area (Å²) in [5.41, 5.74) is 7.73. The van der Waals surface area contributed by atoms with E-state index in [0.717, 1.165) is 76.1 Å². The smallest absolute Gasteiger partial charge is 0.407 e. The molecule has 5 N–H and O–H groups in total. The van der Waals surface area contributed by atoms with Crippen molar-refractivity contribution in [3.05, 3.63) is 84.6 Å². The molecule has 2 fully saturated rings. The molecule has 59 heavy (non-hydrogen) atoms. The number of alkyl carbamates (subject to hydrolysis) is 1. The van der Waals surface area contributed by atoms with Gasteiger partial charge in [0.1, 0.15) is 23.7 Å². The van der Waals surface area contributed by atoms with Gasteiger partial charge < -0.3 is 40.2 Å². The van der Waals surface area contributed by atoms with Crippen LogP contribution >= 0.6 is 0 Å². The molecule has 0 aliphatic carbocycles. The van der Waals surface area contributed by atoms with Gasteiger partial charge >= 0.3 is 12.2 Å². The monoisotopic (exact) mass is 802 g/mol. The number of amides is 4. The van der Waals surface area contributed by atoms with Crippen molar-refractivity contribution in [1.29, 1.82) is 0 Å². The number of aromatic nitrogens is 4. The highest BCUT2D eigenvalue weighted by molar-refractivity contribution is 5.88. The minimum Gasteiger partial charge on any atom is -0.465 e. The normalized spacial score (nSPS) is 20.3. The van der Waals surface area contributed by atoms with E-state index in [1.54, 1.807) is 11.1 Å². The number of nitrogens with one attached hydrogen (secondary N) is 4. The van der Waals surface area contributed by atoms with E-state index in [0.29, 0.717) is 5.82 Å². The molecule has 4 amide bonds. The van der Waals surface area contributed by atoms with Gasteiger partial charge in [-0.25, -0.2) is 19.6 Å². The highest BCUT2D eigenvalue weighted by Gasteiger charge is 2.42. The van der Waals surface area contributed by atoms with Crippen LogP contribution in [-0.4, -0.2) is 90.1 Å². The summed E-state index contributed by atoms with van der Waals surface area (Å²) in [7, 11) is 1.29. The Morgan fingerprint density at radius 1 is 0.695 bits per heavy atom. The predicted octanol–water partition coefficient (Wildman–Crippen LogP) is 8.06. The van der Waals surface area contributed by atoms with Gasteiger partial charge in [-0.05, 0) is 91.3 Å². The van der Waals surface area contributed by atoms with Crippen molar-refractivity contribution in [3.63, 3.8) is 0 Å². The Hall–Kier alpha value is -6.18. The number of ether oxygens (including phenoxy) is 1. The van der Waals surface area contributed by atoms with Gasteiger partial charge in [0.25, 0.3) is 0 Å². The van der Waals surface area contributed by atoms with E-state index in [1.165, 1.54) is 7.11 Å². The summed E-state index contributed by atoms with van der Waals surface area (Å²) < 4.78 is 4.80. The molecular formula is C45H54N8O6. The first-order chi connectivity index (χ1) is 28.2. The average Bonchev–Trinajstić information content (AvgIpc) is 4.04. The Kier molecular flexibility index (Phi) is 11.8. The van der Waals surface area contributed by atoms with Crippen LogP contribution in [0.1, 0.15) is 91.0 Å². The van der Waals surface area contributed by atoms with E-state index in [2.05, 4.69) is 86.2 Å². The molecule has 0 saturated carbocycles. The first-order valence-corrected chi connectivity index (χ1v) is 20.5. The van der Waals surface area contributed by atoms with E-state index in [4.69, 9.17) is 9.72 Å². The quantitative estimate of drug-likeness (QED) is 0.0888. The molecule has 1 unspecified atom stereocenters. The van der Waals surface area contributed by atoms with Gasteiger partial charge in [-0.1, -0.05) is 82.3 Å². The summed E-state index contributed by atoms with van der Waals surface area (Å²) >= 11 is 0. The van der Waals surface area contributed by atoms with Gasteiger partial charge in [0.15, 0.2) is 0 Å². The average molecular weight is 803 g/mol. The molecule has 2 aliphatic heterocycles. The van der Waals surface area contributed by atoms with Crippen LogP contribution in [0.3, 0.4) is 0 Å². The molecule has 14 nitrogen and oxygen atoms in total. The Labute approximate surface area is 344 Å². The Morgan fingerprint density at radius 2 is 1.19 bits per heavy atom. The molecule has 14 heteroatoms. The minimum atomic E-state index is -1.21. The van der Waals surface area contributed by atoms with Crippen molar-refractivity contribution in [2.45, 2.75) is 103 Å². The van der Waals surface area contributed by atoms with Crippen molar-refractivity contribution in [1.82, 2.24) is 40.4 Å². The number of carboxylic acid groups (broad SMARTS) is 1. The number of rotatable bonds is 11. The summed E-state index contributed by atoms with van der Waals surface area (Å²) in [6.45, 7) is 11.5. The third-order valence-corrected chi connectivity index (χ3v) is 11.9. The number of H-pyrrole nitrogens is 2. The van der Waals surface area contributed by atoms with Crippen LogP contribution in [0.15, 0.2) is 72.9 Å². The highest BCUT2D eigenvalue weighted by atomic mass is 16.5. The lowest BCUT2D eigenvalue weighted by Crippen LogP contribution is -2.52. The molecule has 2 aliphatic rings. The van der Waals surface area contributed by atoms with Gasteiger partial charge in [-0.3, -0.25) is 9.59 Å². The van der Waals surface area contributed by atoms with Crippen LogP contribution < -0.4 is 10.6 Å². The number of hydrogen-bond donors (Lipinski definition) is 5. The maximum absolute atomic E-state index is 13.8. The lowest BCUT2D eigenvalue weighted by atomic mass is 9.99. The SMILES string of the molecule is COC(=O)NC(C(=O)N1[C@@H](C)CC[C@H]1c1nc2ccc(-c3ccc(-c4ccc(-c5cnc([C@@H]6CC[C@H](C)N6C(=O)[C@@H](NC(=O)O)C(C)C)[nH]5)cc4)cc3)cc2[nH]1)C(C)C. The number of carbonyl (C=O) groups excluding carboxylic acids is 3. The second-order valence-corrected chi connectivity index (χ2v) is 16.6. The Bertz CT molecular complexity index is 2320.